The molecular weight excluding hydrogens is 344 g/mol. The van der Waals surface area contributed by atoms with E-state index in [0.29, 0.717) is 4.47 Å². The summed E-state index contributed by atoms with van der Waals surface area (Å²) < 4.78 is 0.404. The first kappa shape index (κ1) is 17.1. The van der Waals surface area contributed by atoms with Gasteiger partial charge in [0.05, 0.1) is 11.3 Å². The van der Waals surface area contributed by atoms with Gasteiger partial charge in [0.2, 0.25) is 0 Å². The first-order chi connectivity index (χ1) is 9.70. The van der Waals surface area contributed by atoms with Gasteiger partial charge in [-0.1, -0.05) is 29.8 Å². The molecule has 0 radical (unpaired) electrons. The molecule has 0 bridgehead atoms. The van der Waals surface area contributed by atoms with Crippen molar-refractivity contribution in [2.75, 3.05) is 0 Å². The lowest BCUT2D eigenvalue weighted by molar-refractivity contribution is -0.385. The van der Waals surface area contributed by atoms with Gasteiger partial charge in [-0.25, -0.2) is 0 Å². The van der Waals surface area contributed by atoms with Crippen LogP contribution >= 0.6 is 15.9 Å². The number of nitrogens with zero attached hydrogens (tertiary/aromatic N) is 1. The highest BCUT2D eigenvalue weighted by molar-refractivity contribution is 9.10. The van der Waals surface area contributed by atoms with E-state index < -0.39 is 22.8 Å². The van der Waals surface area contributed by atoms with Gasteiger partial charge in [-0.05, 0) is 12.0 Å². The summed E-state index contributed by atoms with van der Waals surface area (Å²) in [5, 5.41) is 22.2. The molecule has 0 fully saturated rings. The molecule has 1 aromatic rings. The lowest BCUT2D eigenvalue weighted by Crippen LogP contribution is -2.40. The van der Waals surface area contributed by atoms with E-state index in [9.17, 15) is 19.7 Å². The van der Waals surface area contributed by atoms with Crippen LogP contribution in [0.1, 0.15) is 30.6 Å². The van der Waals surface area contributed by atoms with Gasteiger partial charge < -0.3 is 10.4 Å². The van der Waals surface area contributed by atoms with E-state index >= 15 is 0 Å². The van der Waals surface area contributed by atoms with Crippen LogP contribution in [0.15, 0.2) is 22.7 Å². The highest BCUT2D eigenvalue weighted by Crippen LogP contribution is 2.21. The molecule has 0 saturated heterocycles. The Morgan fingerprint density at radius 3 is 2.48 bits per heavy atom. The third kappa shape index (κ3) is 5.14. The lowest BCUT2D eigenvalue weighted by Gasteiger charge is -2.20. The van der Waals surface area contributed by atoms with Gasteiger partial charge in [-0.15, -0.1) is 0 Å². The van der Waals surface area contributed by atoms with Gasteiger partial charge in [0.25, 0.3) is 11.6 Å². The number of carbonyl (C=O) groups is 2. The van der Waals surface area contributed by atoms with E-state index in [4.69, 9.17) is 5.11 Å². The van der Waals surface area contributed by atoms with Crippen LogP contribution in [0, 0.1) is 16.0 Å². The van der Waals surface area contributed by atoms with Crippen molar-refractivity contribution in [2.24, 2.45) is 5.92 Å². The summed E-state index contributed by atoms with van der Waals surface area (Å²) in [5.41, 5.74) is -0.110. The largest absolute Gasteiger partial charge is 0.481 e. The smallest absolute Gasteiger partial charge is 0.305 e. The number of hydrogen-bond donors (Lipinski definition) is 2. The lowest BCUT2D eigenvalue weighted by atomic mass is 10.0. The summed E-state index contributed by atoms with van der Waals surface area (Å²) in [6, 6.07) is 3.33. The van der Waals surface area contributed by atoms with Crippen LogP contribution in [0.25, 0.3) is 0 Å². The standard InChI is InChI=1S/C13H15BrN2O5/c1-7(2)11(6-12(17)18)15-13(19)8-3-9(14)5-10(4-8)16(20)21/h3-5,7,11H,6H2,1-2H3,(H,15,19)(H,17,18). The summed E-state index contributed by atoms with van der Waals surface area (Å²) >= 11 is 3.11. The number of carboxylic acids is 1. The maximum Gasteiger partial charge on any atom is 0.305 e. The van der Waals surface area contributed by atoms with Crippen molar-refractivity contribution in [3.8, 4) is 0 Å². The Morgan fingerprint density at radius 1 is 1.38 bits per heavy atom. The Labute approximate surface area is 129 Å². The van der Waals surface area contributed by atoms with Gasteiger partial charge in [0.15, 0.2) is 0 Å². The van der Waals surface area contributed by atoms with E-state index in [1.54, 1.807) is 13.8 Å². The molecule has 2 N–H and O–H groups in total. The minimum Gasteiger partial charge on any atom is -0.481 e. The second kappa shape index (κ2) is 7.16. The average Bonchev–Trinajstić information content (AvgIpc) is 2.36. The normalized spacial score (nSPS) is 12.0. The molecular formula is C13H15BrN2O5. The molecule has 0 spiro atoms. The Morgan fingerprint density at radius 2 is 2.00 bits per heavy atom. The number of carbonyl (C=O) groups excluding carboxylic acids is 1. The number of carboxylic acid groups (broad SMARTS) is 1. The van der Waals surface area contributed by atoms with Gasteiger partial charge >= 0.3 is 5.97 Å². The quantitative estimate of drug-likeness (QED) is 0.599. The predicted molar refractivity (Wildman–Crippen MR) is 79.1 cm³/mol. The van der Waals surface area contributed by atoms with Crippen molar-refractivity contribution in [3.05, 3.63) is 38.3 Å². The Kier molecular flexibility index (Phi) is 5.83. The van der Waals surface area contributed by atoms with Crippen molar-refractivity contribution in [1.29, 1.82) is 0 Å². The van der Waals surface area contributed by atoms with Crippen LogP contribution in [-0.4, -0.2) is 27.9 Å². The third-order valence-electron chi connectivity index (χ3n) is 2.87. The third-order valence-corrected chi connectivity index (χ3v) is 3.33. The average molecular weight is 359 g/mol. The number of nitrogens with one attached hydrogen (secondary N) is 1. The van der Waals surface area contributed by atoms with Crippen LogP contribution in [-0.2, 0) is 4.79 Å². The van der Waals surface area contributed by atoms with Crippen molar-refractivity contribution < 1.29 is 19.6 Å². The number of benzene rings is 1. The first-order valence-corrected chi connectivity index (χ1v) is 6.97. The van der Waals surface area contributed by atoms with Crippen LogP contribution in [0.4, 0.5) is 5.69 Å². The summed E-state index contributed by atoms with van der Waals surface area (Å²) in [5.74, 6) is -1.64. The van der Waals surface area contributed by atoms with Crippen molar-refractivity contribution >= 4 is 33.5 Å². The molecule has 1 rings (SSSR count). The van der Waals surface area contributed by atoms with Crippen molar-refractivity contribution in [2.45, 2.75) is 26.3 Å². The van der Waals surface area contributed by atoms with Gasteiger partial charge in [-0.2, -0.15) is 0 Å². The Balaban J connectivity index is 2.97. The molecule has 1 unspecified atom stereocenters. The molecule has 1 atom stereocenters. The number of non-ortho nitro benzene ring substituents is 1. The topological polar surface area (TPSA) is 110 Å². The molecule has 0 aliphatic carbocycles. The summed E-state index contributed by atoms with van der Waals surface area (Å²) in [6.07, 6.45) is -0.209. The van der Waals surface area contributed by atoms with E-state index in [2.05, 4.69) is 21.2 Å². The number of aliphatic carboxylic acids is 1. The van der Waals surface area contributed by atoms with Gasteiger partial charge in [0, 0.05) is 28.2 Å². The van der Waals surface area contributed by atoms with Crippen molar-refractivity contribution in [1.82, 2.24) is 5.32 Å². The van der Waals surface area contributed by atoms with E-state index in [0.717, 1.165) is 6.07 Å². The number of hydrogen-bond acceptors (Lipinski definition) is 4. The Hall–Kier alpha value is -1.96. The molecule has 0 aliphatic rings. The number of nitro benzene ring substituents is 1. The summed E-state index contributed by atoms with van der Waals surface area (Å²) in [7, 11) is 0. The van der Waals surface area contributed by atoms with E-state index in [1.807, 2.05) is 0 Å². The molecule has 0 aromatic heterocycles. The second-order valence-corrected chi connectivity index (χ2v) is 5.79. The molecule has 21 heavy (non-hydrogen) atoms. The molecule has 1 amide bonds. The summed E-state index contributed by atoms with van der Waals surface area (Å²) in [6.45, 7) is 3.58. The summed E-state index contributed by atoms with van der Waals surface area (Å²) in [4.78, 5) is 33.1. The van der Waals surface area contributed by atoms with Crippen LogP contribution < -0.4 is 5.32 Å². The molecule has 114 valence electrons. The zero-order valence-electron chi connectivity index (χ0n) is 11.5. The fraction of sp³-hybridized carbons (Fsp3) is 0.385. The predicted octanol–water partition coefficient (Wildman–Crippen LogP) is 2.59. The molecule has 0 saturated carbocycles. The molecule has 1 aromatic carbocycles. The number of halogens is 1. The monoisotopic (exact) mass is 358 g/mol. The maximum absolute atomic E-state index is 12.1. The molecule has 0 aliphatic heterocycles. The highest BCUT2D eigenvalue weighted by Gasteiger charge is 2.21. The second-order valence-electron chi connectivity index (χ2n) is 4.88. The molecule has 0 heterocycles. The zero-order chi connectivity index (χ0) is 16.2. The molecule has 7 nitrogen and oxygen atoms in total. The van der Waals surface area contributed by atoms with Gasteiger partial charge in [0.1, 0.15) is 0 Å². The Bertz CT molecular complexity index is 574. The SMILES string of the molecule is CC(C)C(CC(=O)O)NC(=O)c1cc(Br)cc([N+](=O)[O-])c1. The fourth-order valence-corrected chi connectivity index (χ4v) is 2.19. The van der Waals surface area contributed by atoms with Crippen LogP contribution in [0.2, 0.25) is 0 Å². The van der Waals surface area contributed by atoms with Crippen LogP contribution in [0.3, 0.4) is 0 Å². The van der Waals surface area contributed by atoms with E-state index in [1.165, 1.54) is 12.1 Å². The van der Waals surface area contributed by atoms with Crippen LogP contribution in [0.5, 0.6) is 0 Å². The molecule has 8 heteroatoms. The maximum atomic E-state index is 12.1. The number of nitro groups is 1. The minimum absolute atomic E-state index is 0.0767. The van der Waals surface area contributed by atoms with Gasteiger partial charge in [-0.3, -0.25) is 19.7 Å². The number of rotatable bonds is 6. The van der Waals surface area contributed by atoms with E-state index in [-0.39, 0.29) is 23.6 Å². The fourth-order valence-electron chi connectivity index (χ4n) is 1.70. The first-order valence-electron chi connectivity index (χ1n) is 6.18. The highest BCUT2D eigenvalue weighted by atomic mass is 79.9. The number of amides is 1. The van der Waals surface area contributed by atoms with Crippen molar-refractivity contribution in [3.63, 3.8) is 0 Å². The zero-order valence-corrected chi connectivity index (χ0v) is 13.1. The minimum atomic E-state index is -1.02.